The number of aromatic nitrogens is 2. The summed E-state index contributed by atoms with van der Waals surface area (Å²) >= 11 is 0. The molecule has 0 bridgehead atoms. The van der Waals surface area contributed by atoms with E-state index in [0.717, 1.165) is 37.8 Å². The number of hydrogen-bond acceptors (Lipinski definition) is 3. The molecule has 3 rings (SSSR count). The van der Waals surface area contributed by atoms with Gasteiger partial charge in [0.05, 0.1) is 18.2 Å². The number of nitrogens with zero attached hydrogens (tertiary/aromatic N) is 2. The number of urea groups is 1. The molecule has 2 N–H and O–H groups in total. The summed E-state index contributed by atoms with van der Waals surface area (Å²) in [5, 5.41) is 6.12. The standard InChI is InChI=1S/C16H24N4O2/c1-20-11-17-10-14(20)15-9-13(7-8-22-15)19-16(21)18-12-5-3-2-4-6-12/h3,5,10-13,15H,2,4,6-9H2,1H3,(H2,18,19,21)/t12-,13+,15-/m0/s1. The number of nitrogens with one attached hydrogen (secondary N) is 2. The van der Waals surface area contributed by atoms with Gasteiger partial charge in [-0.2, -0.15) is 0 Å². The lowest BCUT2D eigenvalue weighted by atomic mass is 10.0. The topological polar surface area (TPSA) is 68.2 Å². The molecule has 3 atom stereocenters. The van der Waals surface area contributed by atoms with E-state index in [1.807, 2.05) is 17.8 Å². The fourth-order valence-electron chi connectivity index (χ4n) is 3.14. The predicted molar refractivity (Wildman–Crippen MR) is 83.4 cm³/mol. The fourth-order valence-corrected chi connectivity index (χ4v) is 3.14. The van der Waals surface area contributed by atoms with Crippen LogP contribution in [0.3, 0.4) is 0 Å². The lowest BCUT2D eigenvalue weighted by Crippen LogP contribution is -2.48. The van der Waals surface area contributed by atoms with Crippen molar-refractivity contribution in [3.63, 3.8) is 0 Å². The smallest absolute Gasteiger partial charge is 0.315 e. The third kappa shape index (κ3) is 3.68. The van der Waals surface area contributed by atoms with Crippen molar-refractivity contribution in [2.45, 2.75) is 50.3 Å². The summed E-state index contributed by atoms with van der Waals surface area (Å²) in [5.74, 6) is 0. The summed E-state index contributed by atoms with van der Waals surface area (Å²) in [7, 11) is 1.96. The lowest BCUT2D eigenvalue weighted by Gasteiger charge is -2.30. The van der Waals surface area contributed by atoms with Crippen LogP contribution in [0.5, 0.6) is 0 Å². The lowest BCUT2D eigenvalue weighted by molar-refractivity contribution is -0.00180. The molecule has 0 saturated carbocycles. The van der Waals surface area contributed by atoms with E-state index in [2.05, 4.69) is 27.8 Å². The van der Waals surface area contributed by atoms with Gasteiger partial charge in [-0.15, -0.1) is 0 Å². The van der Waals surface area contributed by atoms with Gasteiger partial charge in [0.15, 0.2) is 0 Å². The van der Waals surface area contributed by atoms with Crippen molar-refractivity contribution >= 4 is 6.03 Å². The van der Waals surface area contributed by atoms with Crippen molar-refractivity contribution in [2.75, 3.05) is 6.61 Å². The van der Waals surface area contributed by atoms with Crippen LogP contribution < -0.4 is 10.6 Å². The SMILES string of the molecule is Cn1cncc1[C@@H]1C[C@H](NC(=O)N[C@H]2C=CCCC2)CCO1. The number of amides is 2. The Morgan fingerprint density at radius 3 is 3.05 bits per heavy atom. The van der Waals surface area contributed by atoms with Crippen molar-refractivity contribution in [2.24, 2.45) is 7.05 Å². The number of carbonyl (C=O) groups excluding carboxylic acids is 1. The highest BCUT2D eigenvalue weighted by Crippen LogP contribution is 2.27. The van der Waals surface area contributed by atoms with E-state index in [1.165, 1.54) is 0 Å². The third-order valence-corrected chi connectivity index (χ3v) is 4.37. The Morgan fingerprint density at radius 2 is 2.32 bits per heavy atom. The number of aryl methyl sites for hydroxylation is 1. The van der Waals surface area contributed by atoms with Crippen LogP contribution in [0, 0.1) is 0 Å². The quantitative estimate of drug-likeness (QED) is 0.840. The minimum absolute atomic E-state index is 0.00104. The zero-order valence-corrected chi connectivity index (χ0v) is 13.0. The minimum atomic E-state index is -0.0767. The fraction of sp³-hybridized carbons (Fsp3) is 0.625. The van der Waals surface area contributed by atoms with E-state index in [1.54, 1.807) is 6.33 Å². The molecule has 0 unspecified atom stereocenters. The van der Waals surface area contributed by atoms with Gasteiger partial charge in [-0.25, -0.2) is 9.78 Å². The number of carbonyl (C=O) groups is 1. The van der Waals surface area contributed by atoms with Crippen molar-refractivity contribution in [3.05, 3.63) is 30.4 Å². The second-order valence-electron chi connectivity index (χ2n) is 6.09. The average Bonchev–Trinajstić information content (AvgIpc) is 2.94. The van der Waals surface area contributed by atoms with Crippen LogP contribution in [0.25, 0.3) is 0 Å². The van der Waals surface area contributed by atoms with Gasteiger partial charge in [0.2, 0.25) is 0 Å². The number of allylic oxidation sites excluding steroid dienone is 1. The highest BCUT2D eigenvalue weighted by atomic mass is 16.5. The molecule has 22 heavy (non-hydrogen) atoms. The molecule has 2 amide bonds. The second-order valence-corrected chi connectivity index (χ2v) is 6.09. The predicted octanol–water partition coefficient (Wildman–Crippen LogP) is 2.05. The molecule has 0 radical (unpaired) electrons. The van der Waals surface area contributed by atoms with Gasteiger partial charge in [-0.3, -0.25) is 0 Å². The van der Waals surface area contributed by atoms with Gasteiger partial charge < -0.3 is 19.9 Å². The van der Waals surface area contributed by atoms with Gasteiger partial charge in [-0.1, -0.05) is 12.2 Å². The molecular weight excluding hydrogens is 280 g/mol. The molecule has 1 aliphatic heterocycles. The highest BCUT2D eigenvalue weighted by Gasteiger charge is 2.27. The van der Waals surface area contributed by atoms with E-state index >= 15 is 0 Å². The molecule has 2 heterocycles. The number of rotatable bonds is 3. The molecule has 1 fully saturated rings. The molecule has 0 aromatic carbocycles. The maximum Gasteiger partial charge on any atom is 0.315 e. The van der Waals surface area contributed by atoms with Gasteiger partial charge in [0, 0.05) is 25.7 Å². The van der Waals surface area contributed by atoms with Crippen LogP contribution in [0.4, 0.5) is 4.79 Å². The first kappa shape index (κ1) is 15.1. The summed E-state index contributed by atoms with van der Waals surface area (Å²) in [4.78, 5) is 16.3. The van der Waals surface area contributed by atoms with Crippen LogP contribution >= 0.6 is 0 Å². The maximum atomic E-state index is 12.1. The van der Waals surface area contributed by atoms with E-state index in [-0.39, 0.29) is 24.2 Å². The molecule has 120 valence electrons. The van der Waals surface area contributed by atoms with Crippen molar-refractivity contribution in [1.82, 2.24) is 20.2 Å². The summed E-state index contributed by atoms with van der Waals surface area (Å²) < 4.78 is 7.79. The summed E-state index contributed by atoms with van der Waals surface area (Å²) in [6.45, 7) is 0.657. The van der Waals surface area contributed by atoms with Gasteiger partial charge in [0.1, 0.15) is 6.10 Å². The molecule has 6 nitrogen and oxygen atoms in total. The highest BCUT2D eigenvalue weighted by molar-refractivity contribution is 5.74. The van der Waals surface area contributed by atoms with Crippen LogP contribution in [0.15, 0.2) is 24.7 Å². The number of ether oxygens (including phenoxy) is 1. The van der Waals surface area contributed by atoms with Crippen LogP contribution in [-0.2, 0) is 11.8 Å². The molecular formula is C16H24N4O2. The maximum absolute atomic E-state index is 12.1. The van der Waals surface area contributed by atoms with Crippen molar-refractivity contribution < 1.29 is 9.53 Å². The molecule has 1 aromatic heterocycles. The Hall–Kier alpha value is -1.82. The molecule has 2 aliphatic rings. The summed E-state index contributed by atoms with van der Waals surface area (Å²) in [5.41, 5.74) is 1.06. The molecule has 1 aliphatic carbocycles. The van der Waals surface area contributed by atoms with Crippen LogP contribution in [0.2, 0.25) is 0 Å². The summed E-state index contributed by atoms with van der Waals surface area (Å²) in [6, 6.07) is 0.231. The monoisotopic (exact) mass is 304 g/mol. The Bertz CT molecular complexity index is 540. The van der Waals surface area contributed by atoms with E-state index in [0.29, 0.717) is 6.61 Å². The molecule has 1 saturated heterocycles. The Morgan fingerprint density at radius 1 is 1.41 bits per heavy atom. The van der Waals surface area contributed by atoms with E-state index in [9.17, 15) is 4.79 Å². The van der Waals surface area contributed by atoms with E-state index in [4.69, 9.17) is 4.74 Å². The minimum Gasteiger partial charge on any atom is -0.372 e. The van der Waals surface area contributed by atoms with Crippen LogP contribution in [-0.4, -0.2) is 34.3 Å². The van der Waals surface area contributed by atoms with Gasteiger partial charge in [0.25, 0.3) is 0 Å². The zero-order chi connectivity index (χ0) is 15.4. The Balaban J connectivity index is 1.51. The first-order valence-corrected chi connectivity index (χ1v) is 8.04. The second kappa shape index (κ2) is 6.96. The molecule has 0 spiro atoms. The molecule has 1 aromatic rings. The number of hydrogen-bond donors (Lipinski definition) is 2. The van der Waals surface area contributed by atoms with Crippen LogP contribution in [0.1, 0.15) is 43.9 Å². The van der Waals surface area contributed by atoms with Crippen molar-refractivity contribution in [1.29, 1.82) is 0 Å². The Kier molecular flexibility index (Phi) is 4.77. The zero-order valence-electron chi connectivity index (χ0n) is 13.0. The number of imidazole rings is 1. The first-order chi connectivity index (χ1) is 10.7. The third-order valence-electron chi connectivity index (χ3n) is 4.37. The van der Waals surface area contributed by atoms with Crippen molar-refractivity contribution in [3.8, 4) is 0 Å². The van der Waals surface area contributed by atoms with E-state index < -0.39 is 0 Å². The van der Waals surface area contributed by atoms with Gasteiger partial charge in [-0.05, 0) is 32.1 Å². The van der Waals surface area contributed by atoms with Gasteiger partial charge >= 0.3 is 6.03 Å². The molecule has 6 heteroatoms. The largest absolute Gasteiger partial charge is 0.372 e. The first-order valence-electron chi connectivity index (χ1n) is 8.04. The average molecular weight is 304 g/mol. The summed E-state index contributed by atoms with van der Waals surface area (Å²) in [6.07, 6.45) is 12.8. The Labute approximate surface area is 130 Å². The normalized spacial score (nSPS) is 28.3.